The van der Waals surface area contributed by atoms with Crippen LogP contribution in [0, 0.1) is 13.8 Å². The topological polar surface area (TPSA) is 93.2 Å². The number of aromatic nitrogens is 2. The maximum atomic E-state index is 12.3. The van der Waals surface area contributed by atoms with E-state index in [1.165, 1.54) is 0 Å². The molecule has 31 heavy (non-hydrogen) atoms. The van der Waals surface area contributed by atoms with E-state index in [1.54, 1.807) is 55.3 Å². The molecule has 0 aliphatic carbocycles. The fourth-order valence-electron chi connectivity index (χ4n) is 2.83. The Morgan fingerprint density at radius 1 is 0.903 bits per heavy atom. The lowest BCUT2D eigenvalue weighted by Crippen LogP contribution is -2.42. The minimum atomic E-state index is -0.375. The molecule has 0 aliphatic heterocycles. The molecule has 0 fully saturated rings. The number of hydrogen-bond acceptors (Lipinski definition) is 6. The van der Waals surface area contributed by atoms with Gasteiger partial charge in [-0.3, -0.25) is 20.4 Å². The zero-order valence-electron chi connectivity index (χ0n) is 17.6. The summed E-state index contributed by atoms with van der Waals surface area (Å²) in [5.74, 6) is 0.740. The Labute approximate surface area is 185 Å². The monoisotopic (exact) mass is 436 g/mol. The number of amides is 2. The first kappa shape index (κ1) is 22.3. The highest BCUT2D eigenvalue weighted by Gasteiger charge is 2.09. The predicted molar refractivity (Wildman–Crippen MR) is 120 cm³/mol. The van der Waals surface area contributed by atoms with Crippen LogP contribution in [0.25, 0.3) is 0 Å². The minimum absolute atomic E-state index is 0.154. The Hall–Kier alpha value is -3.39. The average molecular weight is 437 g/mol. The summed E-state index contributed by atoms with van der Waals surface area (Å²) in [6, 6.07) is 16.3. The smallest absolute Gasteiger partial charge is 0.269 e. The number of nitrogens with one attached hydrogen (secondary N) is 2. The molecule has 0 aliphatic rings. The van der Waals surface area contributed by atoms with Crippen molar-refractivity contribution in [2.45, 2.75) is 31.2 Å². The molecule has 2 aromatic carbocycles. The van der Waals surface area contributed by atoms with Gasteiger partial charge in [0.2, 0.25) is 5.91 Å². The molecule has 1 heterocycles. The fraction of sp³-hybridized carbons (Fsp3) is 0.217. The second-order valence-corrected chi connectivity index (χ2v) is 7.89. The average Bonchev–Trinajstić information content (AvgIpc) is 2.76. The molecule has 2 amide bonds. The molecule has 0 bridgehead atoms. The molecule has 0 saturated carbocycles. The standard InChI is InChI=1S/C23H24N4O3S/c1-15-12-16(2)25-23(24-15)31-14-18-4-8-19(9-5-18)22(29)27-26-21(28)13-17-6-10-20(30-3)11-7-17/h4-12H,13-14H2,1-3H3,(H,26,28)(H,27,29). The number of aryl methyl sites for hydroxylation is 2. The predicted octanol–water partition coefficient (Wildman–Crippen LogP) is 3.40. The van der Waals surface area contributed by atoms with Gasteiger partial charge in [-0.15, -0.1) is 0 Å². The van der Waals surface area contributed by atoms with Gasteiger partial charge in [-0.2, -0.15) is 0 Å². The van der Waals surface area contributed by atoms with Crippen molar-refractivity contribution in [3.05, 3.63) is 82.7 Å². The summed E-state index contributed by atoms with van der Waals surface area (Å²) < 4.78 is 5.09. The maximum Gasteiger partial charge on any atom is 0.269 e. The van der Waals surface area contributed by atoms with Crippen molar-refractivity contribution >= 4 is 23.6 Å². The first-order valence-corrected chi connectivity index (χ1v) is 10.7. The van der Waals surface area contributed by atoms with Gasteiger partial charge in [-0.1, -0.05) is 36.0 Å². The lowest BCUT2D eigenvalue weighted by molar-refractivity contribution is -0.121. The molecule has 0 atom stereocenters. The van der Waals surface area contributed by atoms with E-state index >= 15 is 0 Å². The van der Waals surface area contributed by atoms with Gasteiger partial charge in [-0.25, -0.2) is 9.97 Å². The lowest BCUT2D eigenvalue weighted by Gasteiger charge is -2.09. The number of carbonyl (C=O) groups excluding carboxylic acids is 2. The van der Waals surface area contributed by atoms with Crippen molar-refractivity contribution in [3.63, 3.8) is 0 Å². The number of benzene rings is 2. The number of methoxy groups -OCH3 is 1. The van der Waals surface area contributed by atoms with Crippen molar-refractivity contribution in [2.75, 3.05) is 7.11 Å². The van der Waals surface area contributed by atoms with Gasteiger partial charge in [0.05, 0.1) is 13.5 Å². The zero-order valence-corrected chi connectivity index (χ0v) is 18.5. The second kappa shape index (κ2) is 10.6. The first-order valence-electron chi connectivity index (χ1n) is 9.69. The van der Waals surface area contributed by atoms with Crippen LogP contribution in [0.4, 0.5) is 0 Å². The Kier molecular flexibility index (Phi) is 7.61. The van der Waals surface area contributed by atoms with Crippen LogP contribution in [0.5, 0.6) is 5.75 Å². The lowest BCUT2D eigenvalue weighted by atomic mass is 10.1. The number of rotatable bonds is 7. The molecular formula is C23H24N4O3S. The molecule has 160 valence electrons. The van der Waals surface area contributed by atoms with Crippen LogP contribution in [0.1, 0.15) is 32.9 Å². The summed E-state index contributed by atoms with van der Waals surface area (Å²) >= 11 is 1.55. The van der Waals surface area contributed by atoms with Crippen LogP contribution in [-0.2, 0) is 17.0 Å². The number of hydrogen-bond donors (Lipinski definition) is 2. The van der Waals surface area contributed by atoms with Crippen molar-refractivity contribution in [1.29, 1.82) is 0 Å². The molecule has 0 radical (unpaired) electrons. The second-order valence-electron chi connectivity index (χ2n) is 6.95. The highest BCUT2D eigenvalue weighted by atomic mass is 32.2. The van der Waals surface area contributed by atoms with Crippen molar-refractivity contribution in [1.82, 2.24) is 20.8 Å². The third kappa shape index (κ3) is 6.82. The van der Waals surface area contributed by atoms with Gasteiger partial charge in [0.1, 0.15) is 5.75 Å². The Balaban J connectivity index is 1.47. The molecule has 3 rings (SSSR count). The first-order chi connectivity index (χ1) is 14.9. The molecular weight excluding hydrogens is 412 g/mol. The number of ether oxygens (including phenoxy) is 1. The van der Waals surface area contributed by atoms with Crippen molar-refractivity contribution in [2.24, 2.45) is 0 Å². The van der Waals surface area contributed by atoms with Crippen LogP contribution in [-0.4, -0.2) is 28.9 Å². The van der Waals surface area contributed by atoms with E-state index in [1.807, 2.05) is 32.0 Å². The summed E-state index contributed by atoms with van der Waals surface area (Å²) in [6.07, 6.45) is 0.154. The number of thioether (sulfide) groups is 1. The normalized spacial score (nSPS) is 10.4. The molecule has 0 unspecified atom stereocenters. The minimum Gasteiger partial charge on any atom is -0.497 e. The third-order valence-corrected chi connectivity index (χ3v) is 5.30. The summed E-state index contributed by atoms with van der Waals surface area (Å²) in [6.45, 7) is 3.89. The molecule has 0 spiro atoms. The van der Waals surface area contributed by atoms with E-state index in [-0.39, 0.29) is 18.2 Å². The van der Waals surface area contributed by atoms with Crippen LogP contribution in [0.2, 0.25) is 0 Å². The summed E-state index contributed by atoms with van der Waals surface area (Å²) in [5.41, 5.74) is 9.09. The zero-order chi connectivity index (χ0) is 22.2. The van der Waals surface area contributed by atoms with E-state index < -0.39 is 0 Å². The van der Waals surface area contributed by atoms with E-state index in [0.29, 0.717) is 11.3 Å². The van der Waals surface area contributed by atoms with Crippen LogP contribution < -0.4 is 15.6 Å². The molecule has 2 N–H and O–H groups in total. The van der Waals surface area contributed by atoms with E-state index in [0.717, 1.165) is 33.4 Å². The van der Waals surface area contributed by atoms with Crippen LogP contribution in [0.3, 0.4) is 0 Å². The van der Waals surface area contributed by atoms with Gasteiger partial charge in [0, 0.05) is 22.7 Å². The van der Waals surface area contributed by atoms with Crippen molar-refractivity contribution in [3.8, 4) is 5.75 Å². The van der Waals surface area contributed by atoms with Crippen LogP contribution >= 0.6 is 11.8 Å². The highest BCUT2D eigenvalue weighted by Crippen LogP contribution is 2.20. The van der Waals surface area contributed by atoms with Crippen LogP contribution in [0.15, 0.2) is 59.8 Å². The van der Waals surface area contributed by atoms with E-state index in [4.69, 9.17) is 4.74 Å². The highest BCUT2D eigenvalue weighted by molar-refractivity contribution is 7.98. The quantitative estimate of drug-likeness (QED) is 0.335. The van der Waals surface area contributed by atoms with E-state index in [2.05, 4.69) is 20.8 Å². The number of hydrazine groups is 1. The molecule has 3 aromatic rings. The Bertz CT molecular complexity index is 1030. The summed E-state index contributed by atoms with van der Waals surface area (Å²) in [7, 11) is 1.59. The summed E-state index contributed by atoms with van der Waals surface area (Å²) in [5, 5.41) is 0.735. The molecule has 0 saturated heterocycles. The van der Waals surface area contributed by atoms with Gasteiger partial charge in [-0.05, 0) is 55.3 Å². The van der Waals surface area contributed by atoms with E-state index in [9.17, 15) is 9.59 Å². The summed E-state index contributed by atoms with van der Waals surface area (Å²) in [4.78, 5) is 33.2. The van der Waals surface area contributed by atoms with Gasteiger partial charge in [0.25, 0.3) is 5.91 Å². The van der Waals surface area contributed by atoms with Gasteiger partial charge >= 0.3 is 0 Å². The number of nitrogens with zero attached hydrogens (tertiary/aromatic N) is 2. The maximum absolute atomic E-state index is 12.3. The Morgan fingerprint density at radius 2 is 1.52 bits per heavy atom. The third-order valence-electron chi connectivity index (χ3n) is 4.39. The Morgan fingerprint density at radius 3 is 2.13 bits per heavy atom. The number of carbonyl (C=O) groups is 2. The van der Waals surface area contributed by atoms with Gasteiger partial charge < -0.3 is 4.74 Å². The molecule has 8 heteroatoms. The van der Waals surface area contributed by atoms with Crippen molar-refractivity contribution < 1.29 is 14.3 Å². The van der Waals surface area contributed by atoms with Gasteiger partial charge in [0.15, 0.2) is 5.16 Å². The largest absolute Gasteiger partial charge is 0.497 e. The SMILES string of the molecule is COc1ccc(CC(=O)NNC(=O)c2ccc(CSc3nc(C)cc(C)n3)cc2)cc1. The molecule has 1 aromatic heterocycles. The molecule has 7 nitrogen and oxygen atoms in total. The fourth-order valence-corrected chi connectivity index (χ4v) is 3.74.